The molecule has 0 aliphatic carbocycles. The number of rotatable bonds is 5. The van der Waals surface area contributed by atoms with Crippen LogP contribution in [-0.4, -0.2) is 9.96 Å². The van der Waals surface area contributed by atoms with Gasteiger partial charge in [0.15, 0.2) is 11.9 Å². The van der Waals surface area contributed by atoms with Gasteiger partial charge in [-0.3, -0.25) is 4.21 Å². The summed E-state index contributed by atoms with van der Waals surface area (Å²) < 4.78 is 14.5. The minimum atomic E-state index is -0.927. The van der Waals surface area contributed by atoms with Gasteiger partial charge in [-0.2, -0.15) is 0 Å². The molecule has 0 N–H and O–H groups in total. The van der Waals surface area contributed by atoms with E-state index >= 15 is 0 Å². The summed E-state index contributed by atoms with van der Waals surface area (Å²) in [5.74, 6) is 1.18. The monoisotopic (exact) mass is 302 g/mol. The fourth-order valence-corrected chi connectivity index (χ4v) is 3.32. The van der Waals surface area contributed by atoms with Crippen molar-refractivity contribution in [3.05, 3.63) is 59.4 Å². The van der Waals surface area contributed by atoms with Crippen molar-refractivity contribution in [3.63, 3.8) is 0 Å². The van der Waals surface area contributed by atoms with E-state index in [0.717, 1.165) is 11.3 Å². The van der Waals surface area contributed by atoms with Crippen molar-refractivity contribution in [2.75, 3.05) is 5.75 Å². The van der Waals surface area contributed by atoms with Crippen LogP contribution in [0.25, 0.3) is 0 Å². The highest BCUT2D eigenvalue weighted by Crippen LogP contribution is 2.17. The normalized spacial score (nSPS) is 12.6. The van der Waals surface area contributed by atoms with Crippen molar-refractivity contribution in [2.24, 2.45) is 7.05 Å². The number of nitrogens with zero attached hydrogens (tertiary/aromatic N) is 1. The topological polar surface area (TPSA) is 20.9 Å². The van der Waals surface area contributed by atoms with E-state index in [1.54, 1.807) is 0 Å². The minimum absolute atomic E-state index is 0.514. The van der Waals surface area contributed by atoms with Crippen LogP contribution in [0, 0.1) is 6.92 Å². The zero-order valence-corrected chi connectivity index (χ0v) is 14.1. The number of hydrogen-bond donors (Lipinski definition) is 0. The van der Waals surface area contributed by atoms with Crippen molar-refractivity contribution < 1.29 is 8.78 Å². The molecule has 21 heavy (non-hydrogen) atoms. The molecule has 1 atom stereocenters. The molecule has 0 saturated heterocycles. The average molecular weight is 302 g/mol. The van der Waals surface area contributed by atoms with Crippen LogP contribution in [0.4, 0.5) is 0 Å². The van der Waals surface area contributed by atoms with Crippen LogP contribution in [0.5, 0.6) is 0 Å². The maximum atomic E-state index is 12.4. The Morgan fingerprint density at radius 2 is 1.76 bits per heavy atom. The van der Waals surface area contributed by atoms with Crippen molar-refractivity contribution in [1.29, 1.82) is 0 Å². The van der Waals surface area contributed by atoms with Gasteiger partial charge in [-0.25, -0.2) is 4.57 Å². The molecule has 0 bridgehead atoms. The van der Waals surface area contributed by atoms with Crippen LogP contribution >= 0.6 is 0 Å². The van der Waals surface area contributed by atoms with Gasteiger partial charge in [0.25, 0.3) is 0 Å². The first-order valence-corrected chi connectivity index (χ1v) is 8.73. The molecule has 0 radical (unpaired) electrons. The first-order chi connectivity index (χ1) is 9.97. The predicted octanol–water partition coefficient (Wildman–Crippen LogP) is 3.29. The second kappa shape index (κ2) is 6.99. The second-order valence-electron chi connectivity index (χ2n) is 5.81. The highest BCUT2D eigenvalue weighted by atomic mass is 32.2. The molecule has 1 aromatic heterocycles. The number of pyridine rings is 1. The van der Waals surface area contributed by atoms with E-state index in [9.17, 15) is 4.21 Å². The van der Waals surface area contributed by atoms with Gasteiger partial charge in [0.05, 0.1) is 10.8 Å². The fraction of sp³-hybridized carbons (Fsp3) is 0.389. The summed E-state index contributed by atoms with van der Waals surface area (Å²) in [6, 6.07) is 12.4. The van der Waals surface area contributed by atoms with Gasteiger partial charge in [-0.15, -0.1) is 0 Å². The molecule has 0 spiro atoms. The van der Waals surface area contributed by atoms with E-state index in [1.165, 1.54) is 16.8 Å². The standard InChI is InChI=1S/C18H24NOS/c1-14(2)17-7-9-18(10-8-17)21(20)12-11-16-6-5-15(3)19(4)13-16/h5-10,13-14H,11-12H2,1-4H3/q+1/t21-/m1/s1. The summed E-state index contributed by atoms with van der Waals surface area (Å²) in [6.45, 7) is 6.42. The summed E-state index contributed by atoms with van der Waals surface area (Å²) in [5, 5.41) is 0. The SMILES string of the molecule is Cc1ccc(CC[S@@](=O)c2ccc(C(C)C)cc2)c[n+]1C. The fourth-order valence-electron chi connectivity index (χ4n) is 2.22. The molecule has 112 valence electrons. The van der Waals surface area contributed by atoms with Crippen LogP contribution in [0.1, 0.15) is 36.6 Å². The summed E-state index contributed by atoms with van der Waals surface area (Å²) in [7, 11) is 1.12. The number of benzene rings is 1. The van der Waals surface area contributed by atoms with Crippen molar-refractivity contribution in [3.8, 4) is 0 Å². The summed E-state index contributed by atoms with van der Waals surface area (Å²) in [4.78, 5) is 0.927. The maximum Gasteiger partial charge on any atom is 0.177 e. The molecule has 0 aliphatic heterocycles. The Hall–Kier alpha value is -1.48. The lowest BCUT2D eigenvalue weighted by molar-refractivity contribution is -0.678. The van der Waals surface area contributed by atoms with E-state index < -0.39 is 10.8 Å². The summed E-state index contributed by atoms with van der Waals surface area (Å²) >= 11 is 0. The third-order valence-corrected chi connectivity index (χ3v) is 5.21. The third kappa shape index (κ3) is 4.24. The lowest BCUT2D eigenvalue weighted by Crippen LogP contribution is -2.31. The van der Waals surface area contributed by atoms with E-state index in [0.29, 0.717) is 11.7 Å². The van der Waals surface area contributed by atoms with Gasteiger partial charge in [0, 0.05) is 29.2 Å². The van der Waals surface area contributed by atoms with Gasteiger partial charge in [-0.1, -0.05) is 26.0 Å². The Labute approximate surface area is 130 Å². The Morgan fingerprint density at radius 3 is 2.33 bits per heavy atom. The molecule has 2 aromatic rings. The smallest absolute Gasteiger partial charge is 0.177 e. The summed E-state index contributed by atoms with van der Waals surface area (Å²) in [6.07, 6.45) is 2.96. The Balaban J connectivity index is 1.99. The molecule has 0 saturated carbocycles. The molecule has 0 fully saturated rings. The van der Waals surface area contributed by atoms with Gasteiger partial charge in [0.2, 0.25) is 0 Å². The van der Waals surface area contributed by atoms with Gasteiger partial charge in [0.1, 0.15) is 7.05 Å². The Kier molecular flexibility index (Phi) is 5.29. The van der Waals surface area contributed by atoms with E-state index in [4.69, 9.17) is 0 Å². The molecule has 0 aliphatic rings. The molecular formula is C18H24NOS+. The van der Waals surface area contributed by atoms with Crippen molar-refractivity contribution in [2.45, 2.75) is 38.0 Å². The first kappa shape index (κ1) is 15.9. The van der Waals surface area contributed by atoms with E-state index in [1.807, 2.05) is 19.2 Å². The average Bonchev–Trinajstić information content (AvgIpc) is 2.48. The zero-order valence-electron chi connectivity index (χ0n) is 13.3. The molecule has 1 aromatic carbocycles. The number of aromatic nitrogens is 1. The van der Waals surface area contributed by atoms with Crippen LogP contribution in [0.3, 0.4) is 0 Å². The highest BCUT2D eigenvalue weighted by molar-refractivity contribution is 7.85. The summed E-state index contributed by atoms with van der Waals surface area (Å²) in [5.41, 5.74) is 3.75. The molecule has 3 heteroatoms. The number of hydrogen-bond acceptors (Lipinski definition) is 1. The van der Waals surface area contributed by atoms with Crippen molar-refractivity contribution in [1.82, 2.24) is 0 Å². The third-order valence-electron chi connectivity index (χ3n) is 3.84. The molecular weight excluding hydrogens is 278 g/mol. The lowest BCUT2D eigenvalue weighted by Gasteiger charge is -2.07. The van der Waals surface area contributed by atoms with Crippen LogP contribution in [-0.2, 0) is 24.3 Å². The van der Waals surface area contributed by atoms with Crippen LogP contribution in [0.15, 0.2) is 47.5 Å². The number of aryl methyl sites for hydroxylation is 3. The molecule has 1 heterocycles. The quantitative estimate of drug-likeness (QED) is 0.776. The van der Waals surface area contributed by atoms with Gasteiger partial charge in [-0.05, 0) is 36.1 Å². The maximum absolute atomic E-state index is 12.4. The highest BCUT2D eigenvalue weighted by Gasteiger charge is 2.08. The largest absolute Gasteiger partial charge is 0.254 e. The van der Waals surface area contributed by atoms with E-state index in [2.05, 4.69) is 55.8 Å². The molecule has 2 nitrogen and oxygen atoms in total. The van der Waals surface area contributed by atoms with Crippen LogP contribution < -0.4 is 4.57 Å². The van der Waals surface area contributed by atoms with Crippen LogP contribution in [0.2, 0.25) is 0 Å². The zero-order chi connectivity index (χ0) is 15.4. The van der Waals surface area contributed by atoms with Gasteiger partial charge >= 0.3 is 0 Å². The predicted molar refractivity (Wildman–Crippen MR) is 87.9 cm³/mol. The Bertz CT molecular complexity index is 632. The lowest BCUT2D eigenvalue weighted by atomic mass is 10.0. The minimum Gasteiger partial charge on any atom is -0.254 e. The molecule has 0 amide bonds. The van der Waals surface area contributed by atoms with Crippen molar-refractivity contribution >= 4 is 10.8 Å². The van der Waals surface area contributed by atoms with Gasteiger partial charge < -0.3 is 0 Å². The Morgan fingerprint density at radius 1 is 1.10 bits per heavy atom. The first-order valence-electron chi connectivity index (χ1n) is 7.41. The second-order valence-corrected chi connectivity index (χ2v) is 7.38. The van der Waals surface area contributed by atoms with E-state index in [-0.39, 0.29) is 0 Å². The molecule has 0 unspecified atom stereocenters. The molecule has 2 rings (SSSR count).